The summed E-state index contributed by atoms with van der Waals surface area (Å²) in [4.78, 5) is 13.3. The van der Waals surface area contributed by atoms with E-state index in [0.717, 1.165) is 23.4 Å². The van der Waals surface area contributed by atoms with E-state index in [1.54, 1.807) is 24.5 Å². The van der Waals surface area contributed by atoms with Crippen molar-refractivity contribution in [3.8, 4) is 11.3 Å². The highest BCUT2D eigenvalue weighted by Crippen LogP contribution is 2.29. The van der Waals surface area contributed by atoms with E-state index in [9.17, 15) is 0 Å². The van der Waals surface area contributed by atoms with Crippen molar-refractivity contribution in [2.75, 3.05) is 10.6 Å². The SMILES string of the molecule is CC[C@@H](C)Nc1nc(Nc2ccc(Cl)cc2Cl)cc(-c2ccncc2)n1. The molecule has 1 aromatic carbocycles. The molecule has 0 aliphatic heterocycles. The molecule has 0 saturated carbocycles. The van der Waals surface area contributed by atoms with Gasteiger partial charge in [0.2, 0.25) is 5.95 Å². The van der Waals surface area contributed by atoms with Crippen LogP contribution in [0.2, 0.25) is 10.0 Å². The van der Waals surface area contributed by atoms with Crippen LogP contribution < -0.4 is 10.6 Å². The number of nitrogens with one attached hydrogen (secondary N) is 2. The van der Waals surface area contributed by atoms with Crippen molar-refractivity contribution in [2.24, 2.45) is 0 Å². The fraction of sp³-hybridized carbons (Fsp3) is 0.211. The average Bonchev–Trinajstić information content (AvgIpc) is 2.64. The molecule has 5 nitrogen and oxygen atoms in total. The standard InChI is InChI=1S/C19H19Cl2N5/c1-3-12(2)23-19-25-17(13-6-8-22-9-7-13)11-18(26-19)24-16-5-4-14(20)10-15(16)21/h4-12H,3H2,1-2H3,(H2,23,24,25,26)/t12-/m1/s1. The molecule has 26 heavy (non-hydrogen) atoms. The Morgan fingerprint density at radius 3 is 2.50 bits per heavy atom. The second kappa shape index (κ2) is 8.34. The largest absolute Gasteiger partial charge is 0.352 e. The van der Waals surface area contributed by atoms with Gasteiger partial charge in [0.15, 0.2) is 0 Å². The molecule has 0 unspecified atom stereocenters. The lowest BCUT2D eigenvalue weighted by molar-refractivity contribution is 0.753. The van der Waals surface area contributed by atoms with Gasteiger partial charge >= 0.3 is 0 Å². The van der Waals surface area contributed by atoms with Gasteiger partial charge in [0.05, 0.1) is 16.4 Å². The smallest absolute Gasteiger partial charge is 0.225 e. The first-order valence-corrected chi connectivity index (χ1v) is 9.09. The summed E-state index contributed by atoms with van der Waals surface area (Å²) in [5.74, 6) is 1.20. The summed E-state index contributed by atoms with van der Waals surface area (Å²) in [5.41, 5.74) is 2.48. The average molecular weight is 388 g/mol. The minimum atomic E-state index is 0.259. The molecule has 0 aliphatic rings. The number of rotatable bonds is 6. The normalized spacial score (nSPS) is 11.8. The molecule has 2 aromatic heterocycles. The van der Waals surface area contributed by atoms with Crippen LogP contribution in [0, 0.1) is 0 Å². The summed E-state index contributed by atoms with van der Waals surface area (Å²) in [6.45, 7) is 4.20. The van der Waals surface area contributed by atoms with Crippen molar-refractivity contribution >= 4 is 40.7 Å². The van der Waals surface area contributed by atoms with Crippen molar-refractivity contribution in [2.45, 2.75) is 26.3 Å². The quantitative estimate of drug-likeness (QED) is 0.559. The predicted molar refractivity (Wildman–Crippen MR) is 108 cm³/mol. The molecule has 0 bridgehead atoms. The first-order valence-electron chi connectivity index (χ1n) is 8.33. The Bertz CT molecular complexity index is 886. The summed E-state index contributed by atoms with van der Waals surface area (Å²) in [5, 5.41) is 7.67. The van der Waals surface area contributed by atoms with Crippen LogP contribution in [0.15, 0.2) is 48.8 Å². The predicted octanol–water partition coefficient (Wildman–Crippen LogP) is 5.80. The summed E-state index contributed by atoms with van der Waals surface area (Å²) in [6, 6.07) is 11.2. The zero-order valence-electron chi connectivity index (χ0n) is 14.5. The van der Waals surface area contributed by atoms with Crippen molar-refractivity contribution < 1.29 is 0 Å². The highest BCUT2D eigenvalue weighted by molar-refractivity contribution is 6.36. The van der Waals surface area contributed by atoms with Gasteiger partial charge in [-0.15, -0.1) is 0 Å². The molecule has 0 saturated heterocycles. The minimum absolute atomic E-state index is 0.259. The molecular formula is C19H19Cl2N5. The number of aromatic nitrogens is 3. The highest BCUT2D eigenvalue weighted by atomic mass is 35.5. The van der Waals surface area contributed by atoms with E-state index in [4.69, 9.17) is 23.2 Å². The van der Waals surface area contributed by atoms with Gasteiger partial charge in [-0.2, -0.15) is 4.98 Å². The highest BCUT2D eigenvalue weighted by Gasteiger charge is 2.10. The molecule has 2 heterocycles. The molecular weight excluding hydrogens is 369 g/mol. The lowest BCUT2D eigenvalue weighted by atomic mass is 10.2. The molecule has 3 rings (SSSR count). The number of anilines is 3. The molecule has 0 amide bonds. The lowest BCUT2D eigenvalue weighted by Crippen LogP contribution is -2.16. The molecule has 0 spiro atoms. The number of hydrogen-bond donors (Lipinski definition) is 2. The van der Waals surface area contributed by atoms with Gasteiger partial charge in [0.1, 0.15) is 5.82 Å². The van der Waals surface area contributed by atoms with Gasteiger partial charge in [-0.05, 0) is 43.7 Å². The summed E-state index contributed by atoms with van der Waals surface area (Å²) >= 11 is 12.2. The van der Waals surface area contributed by atoms with E-state index in [1.165, 1.54) is 0 Å². The van der Waals surface area contributed by atoms with E-state index < -0.39 is 0 Å². The molecule has 0 radical (unpaired) electrons. The van der Waals surface area contributed by atoms with Crippen LogP contribution in [0.25, 0.3) is 11.3 Å². The Morgan fingerprint density at radius 2 is 1.81 bits per heavy atom. The van der Waals surface area contributed by atoms with Crippen LogP contribution in [0.5, 0.6) is 0 Å². The van der Waals surface area contributed by atoms with Crippen molar-refractivity contribution in [3.63, 3.8) is 0 Å². The molecule has 0 aliphatic carbocycles. The zero-order chi connectivity index (χ0) is 18.5. The number of pyridine rings is 1. The van der Waals surface area contributed by atoms with Crippen LogP contribution in [-0.2, 0) is 0 Å². The van der Waals surface area contributed by atoms with Crippen molar-refractivity contribution in [3.05, 3.63) is 58.8 Å². The van der Waals surface area contributed by atoms with Crippen LogP contribution in [0.4, 0.5) is 17.5 Å². The Hall–Kier alpha value is -2.37. The lowest BCUT2D eigenvalue weighted by Gasteiger charge is -2.15. The zero-order valence-corrected chi connectivity index (χ0v) is 16.0. The second-order valence-electron chi connectivity index (χ2n) is 5.90. The van der Waals surface area contributed by atoms with Crippen molar-refractivity contribution in [1.82, 2.24) is 15.0 Å². The Labute approximate surface area is 162 Å². The van der Waals surface area contributed by atoms with E-state index in [-0.39, 0.29) is 6.04 Å². The molecule has 0 fully saturated rings. The van der Waals surface area contributed by atoms with Gasteiger partial charge < -0.3 is 10.6 Å². The van der Waals surface area contributed by atoms with Crippen LogP contribution in [0.3, 0.4) is 0 Å². The first kappa shape index (κ1) is 18.4. The third-order valence-corrected chi connectivity index (χ3v) is 4.43. The van der Waals surface area contributed by atoms with Crippen LogP contribution >= 0.6 is 23.2 Å². The number of nitrogens with zero attached hydrogens (tertiary/aromatic N) is 3. The second-order valence-corrected chi connectivity index (χ2v) is 6.74. The first-order chi connectivity index (χ1) is 12.5. The Balaban J connectivity index is 1.98. The molecule has 3 aromatic rings. The summed E-state index contributed by atoms with van der Waals surface area (Å²) in [6.07, 6.45) is 4.44. The summed E-state index contributed by atoms with van der Waals surface area (Å²) in [7, 11) is 0. The molecule has 1 atom stereocenters. The molecule has 134 valence electrons. The fourth-order valence-electron chi connectivity index (χ4n) is 2.30. The Kier molecular flexibility index (Phi) is 5.91. The van der Waals surface area contributed by atoms with E-state index in [1.807, 2.05) is 24.3 Å². The third-order valence-electron chi connectivity index (χ3n) is 3.88. The number of benzene rings is 1. The molecule has 2 N–H and O–H groups in total. The Morgan fingerprint density at radius 1 is 1.04 bits per heavy atom. The van der Waals surface area contributed by atoms with Crippen molar-refractivity contribution in [1.29, 1.82) is 0 Å². The van der Waals surface area contributed by atoms with Gasteiger partial charge in [0.25, 0.3) is 0 Å². The van der Waals surface area contributed by atoms with E-state index in [0.29, 0.717) is 21.8 Å². The van der Waals surface area contributed by atoms with E-state index in [2.05, 4.69) is 39.4 Å². The monoisotopic (exact) mass is 387 g/mol. The van der Waals surface area contributed by atoms with Crippen LogP contribution in [0.1, 0.15) is 20.3 Å². The van der Waals surface area contributed by atoms with Gasteiger partial charge in [-0.3, -0.25) is 4.98 Å². The maximum Gasteiger partial charge on any atom is 0.225 e. The maximum absolute atomic E-state index is 6.27. The van der Waals surface area contributed by atoms with E-state index >= 15 is 0 Å². The summed E-state index contributed by atoms with van der Waals surface area (Å²) < 4.78 is 0. The topological polar surface area (TPSA) is 62.7 Å². The maximum atomic E-state index is 6.27. The minimum Gasteiger partial charge on any atom is -0.352 e. The third kappa shape index (κ3) is 4.62. The fourth-order valence-corrected chi connectivity index (χ4v) is 2.75. The van der Waals surface area contributed by atoms with Gasteiger partial charge in [-0.1, -0.05) is 30.1 Å². The van der Waals surface area contributed by atoms with Gasteiger partial charge in [0, 0.05) is 35.1 Å². The van der Waals surface area contributed by atoms with Crippen LogP contribution in [-0.4, -0.2) is 21.0 Å². The van der Waals surface area contributed by atoms with Gasteiger partial charge in [-0.25, -0.2) is 4.98 Å². The number of halogens is 2. The molecule has 7 heteroatoms. The number of hydrogen-bond acceptors (Lipinski definition) is 5.